The summed E-state index contributed by atoms with van der Waals surface area (Å²) in [4.78, 5) is 23.5. The van der Waals surface area contributed by atoms with Gasteiger partial charge in [0.25, 0.3) is 0 Å². The Morgan fingerprint density at radius 1 is 1.18 bits per heavy atom. The van der Waals surface area contributed by atoms with Crippen LogP contribution in [0.15, 0.2) is 59.2 Å². The van der Waals surface area contributed by atoms with Gasteiger partial charge in [0, 0.05) is 23.5 Å². The van der Waals surface area contributed by atoms with E-state index in [0.29, 0.717) is 16.7 Å². The number of aliphatic carboxylic acids is 1. The molecule has 0 unspecified atom stereocenters. The summed E-state index contributed by atoms with van der Waals surface area (Å²) in [6, 6.07) is 6.30. The first-order chi connectivity index (χ1) is 13.0. The molecular formula is C23H24O5. The highest BCUT2D eigenvalue weighted by atomic mass is 16.4. The molecule has 0 heterocycles. The van der Waals surface area contributed by atoms with Crippen molar-refractivity contribution in [1.29, 1.82) is 0 Å². The molecule has 28 heavy (non-hydrogen) atoms. The number of carbonyl (C=O) groups excluding carboxylic acids is 1. The molecule has 0 aliphatic heterocycles. The molecule has 0 amide bonds. The lowest BCUT2D eigenvalue weighted by Gasteiger charge is -2.45. The lowest BCUT2D eigenvalue weighted by atomic mass is 9.62. The number of hydrogen-bond donors (Lipinski definition) is 3. The Bertz CT molecular complexity index is 949. The second kappa shape index (κ2) is 7.87. The number of benzene rings is 1. The molecule has 0 saturated heterocycles. The molecular weight excluding hydrogens is 356 g/mol. The van der Waals surface area contributed by atoms with Crippen LogP contribution in [0.2, 0.25) is 0 Å². The summed E-state index contributed by atoms with van der Waals surface area (Å²) >= 11 is 0. The van der Waals surface area contributed by atoms with Gasteiger partial charge in [-0.15, -0.1) is 0 Å². The van der Waals surface area contributed by atoms with E-state index < -0.39 is 17.0 Å². The van der Waals surface area contributed by atoms with E-state index >= 15 is 0 Å². The van der Waals surface area contributed by atoms with E-state index in [-0.39, 0.29) is 23.5 Å². The van der Waals surface area contributed by atoms with E-state index in [0.717, 1.165) is 6.08 Å². The van der Waals surface area contributed by atoms with Crippen molar-refractivity contribution < 1.29 is 24.9 Å². The Labute approximate surface area is 164 Å². The molecule has 1 aliphatic rings. The van der Waals surface area contributed by atoms with Crippen molar-refractivity contribution >= 4 is 11.8 Å². The summed E-state index contributed by atoms with van der Waals surface area (Å²) in [7, 11) is 0. The van der Waals surface area contributed by atoms with Gasteiger partial charge in [-0.05, 0) is 55.3 Å². The van der Waals surface area contributed by atoms with Crippen LogP contribution >= 0.6 is 0 Å². The lowest BCUT2D eigenvalue weighted by molar-refractivity contribution is -0.131. The lowest BCUT2D eigenvalue weighted by Crippen LogP contribution is -2.49. The van der Waals surface area contributed by atoms with Crippen LogP contribution in [-0.4, -0.2) is 32.7 Å². The largest absolute Gasteiger partial charge is 0.508 e. The van der Waals surface area contributed by atoms with Crippen molar-refractivity contribution in [3.63, 3.8) is 0 Å². The molecule has 5 heteroatoms. The zero-order valence-corrected chi connectivity index (χ0v) is 16.4. The third-order valence-corrected chi connectivity index (χ3v) is 5.00. The average molecular weight is 380 g/mol. The van der Waals surface area contributed by atoms with Gasteiger partial charge in [0.1, 0.15) is 11.4 Å². The van der Waals surface area contributed by atoms with Gasteiger partial charge >= 0.3 is 5.97 Å². The number of phenolic OH excluding ortho intramolecular Hbond substituents is 1. The molecule has 0 aromatic heterocycles. The number of phenols is 1. The highest BCUT2D eigenvalue weighted by Crippen LogP contribution is 2.46. The minimum absolute atomic E-state index is 0.104. The number of hydrogen-bond acceptors (Lipinski definition) is 4. The fourth-order valence-corrected chi connectivity index (χ4v) is 3.22. The van der Waals surface area contributed by atoms with E-state index in [2.05, 4.69) is 11.8 Å². The number of aliphatic hydroxyl groups is 1. The van der Waals surface area contributed by atoms with Gasteiger partial charge in [-0.25, -0.2) is 4.79 Å². The number of Topliss-reactive ketones (excluding diaryl/α,β-unsaturated/α-hetero) is 1. The van der Waals surface area contributed by atoms with E-state index in [1.54, 1.807) is 45.9 Å². The fraction of sp³-hybridized carbons (Fsp3) is 0.304. The van der Waals surface area contributed by atoms with Gasteiger partial charge in [0.2, 0.25) is 0 Å². The molecule has 1 atom stereocenters. The van der Waals surface area contributed by atoms with E-state index in [1.807, 2.05) is 0 Å². The van der Waals surface area contributed by atoms with Crippen molar-refractivity contribution in [2.24, 2.45) is 5.41 Å². The van der Waals surface area contributed by atoms with Crippen LogP contribution in [0.3, 0.4) is 0 Å². The zero-order chi connectivity index (χ0) is 21.1. The Balaban J connectivity index is 2.52. The quantitative estimate of drug-likeness (QED) is 0.425. The summed E-state index contributed by atoms with van der Waals surface area (Å²) in [5.41, 5.74) is -0.447. The Kier molecular flexibility index (Phi) is 5.96. The van der Waals surface area contributed by atoms with E-state index in [9.17, 15) is 19.8 Å². The first-order valence-corrected chi connectivity index (χ1v) is 8.85. The van der Waals surface area contributed by atoms with Crippen molar-refractivity contribution in [3.8, 4) is 17.6 Å². The third-order valence-electron chi connectivity index (χ3n) is 5.00. The van der Waals surface area contributed by atoms with Gasteiger partial charge in [-0.1, -0.05) is 31.8 Å². The number of carboxylic acid groups (broad SMARTS) is 1. The molecule has 1 aromatic carbocycles. The maximum atomic E-state index is 12.6. The molecule has 5 nitrogen and oxygen atoms in total. The molecule has 3 N–H and O–H groups in total. The Morgan fingerprint density at radius 3 is 2.36 bits per heavy atom. The summed E-state index contributed by atoms with van der Waals surface area (Å²) < 4.78 is 0. The minimum Gasteiger partial charge on any atom is -0.508 e. The summed E-state index contributed by atoms with van der Waals surface area (Å²) in [5.74, 6) is 4.67. The molecule has 0 radical (unpaired) electrons. The van der Waals surface area contributed by atoms with Crippen molar-refractivity contribution in [1.82, 2.24) is 0 Å². The summed E-state index contributed by atoms with van der Waals surface area (Å²) in [6.45, 7) is 6.87. The third kappa shape index (κ3) is 4.41. The number of allylic oxidation sites excluding steroid dienone is 3. The van der Waals surface area contributed by atoms with Crippen LogP contribution in [0.25, 0.3) is 0 Å². The van der Waals surface area contributed by atoms with Gasteiger partial charge in [-0.3, -0.25) is 4.79 Å². The van der Waals surface area contributed by atoms with Crippen molar-refractivity contribution in [2.75, 3.05) is 0 Å². The zero-order valence-electron chi connectivity index (χ0n) is 16.4. The van der Waals surface area contributed by atoms with Gasteiger partial charge in [-0.2, -0.15) is 0 Å². The molecule has 0 bridgehead atoms. The number of rotatable bonds is 3. The number of aromatic hydroxyl groups is 1. The van der Waals surface area contributed by atoms with Crippen LogP contribution < -0.4 is 0 Å². The maximum absolute atomic E-state index is 12.6. The van der Waals surface area contributed by atoms with Crippen molar-refractivity contribution in [3.05, 3.63) is 64.8 Å². The molecule has 0 fully saturated rings. The van der Waals surface area contributed by atoms with E-state index in [1.165, 1.54) is 18.2 Å². The van der Waals surface area contributed by atoms with Crippen LogP contribution in [0.5, 0.6) is 5.75 Å². The predicted molar refractivity (Wildman–Crippen MR) is 107 cm³/mol. The summed E-state index contributed by atoms with van der Waals surface area (Å²) in [6.07, 6.45) is 4.23. The standard InChI is InChI=1S/C23H24O5/c1-15(13-21(26)27)11-12-23(28)16(2)19(20(25)14-22(23,3)4)10-7-17-5-8-18(24)9-6-17/h5-6,8-9,11-13,24,28H,14H2,1-4H3,(H,26,27)/b12-11+,15-13-/t23-/m1/s1. The van der Waals surface area contributed by atoms with E-state index in [4.69, 9.17) is 5.11 Å². The Morgan fingerprint density at radius 2 is 1.79 bits per heavy atom. The normalized spacial score (nSPS) is 22.2. The second-order valence-corrected chi connectivity index (χ2v) is 7.61. The highest BCUT2D eigenvalue weighted by molar-refractivity contribution is 6.02. The molecule has 1 aromatic rings. The average Bonchev–Trinajstić information content (AvgIpc) is 2.59. The smallest absolute Gasteiger partial charge is 0.328 e. The second-order valence-electron chi connectivity index (χ2n) is 7.61. The molecule has 1 aliphatic carbocycles. The minimum atomic E-state index is -1.45. The van der Waals surface area contributed by atoms with Crippen LogP contribution in [0.4, 0.5) is 0 Å². The monoisotopic (exact) mass is 380 g/mol. The summed E-state index contributed by atoms with van der Waals surface area (Å²) in [5, 5.41) is 29.6. The number of carbonyl (C=O) groups is 2. The van der Waals surface area contributed by atoms with Gasteiger partial charge < -0.3 is 15.3 Å². The SMILES string of the molecule is CC1=C(C#Cc2ccc(O)cc2)C(=O)CC(C)(C)[C@@]1(O)/C=C/C(C)=C\C(=O)O. The van der Waals surface area contributed by atoms with Crippen LogP contribution in [0, 0.1) is 17.3 Å². The van der Waals surface area contributed by atoms with Crippen molar-refractivity contribution in [2.45, 2.75) is 39.7 Å². The number of ketones is 1. The first-order valence-electron chi connectivity index (χ1n) is 8.85. The molecule has 0 saturated carbocycles. The maximum Gasteiger partial charge on any atom is 0.328 e. The molecule has 2 rings (SSSR count). The highest BCUT2D eigenvalue weighted by Gasteiger charge is 2.49. The van der Waals surface area contributed by atoms with Crippen LogP contribution in [-0.2, 0) is 9.59 Å². The first kappa shape index (κ1) is 21.2. The topological polar surface area (TPSA) is 94.8 Å². The predicted octanol–water partition coefficient (Wildman–Crippen LogP) is 3.38. The van der Waals surface area contributed by atoms with Crippen LogP contribution in [0.1, 0.15) is 39.7 Å². The van der Waals surface area contributed by atoms with Gasteiger partial charge in [0.15, 0.2) is 5.78 Å². The molecule has 0 spiro atoms. The Hall–Kier alpha value is -3.10. The van der Waals surface area contributed by atoms with Gasteiger partial charge in [0.05, 0.1) is 5.57 Å². The fourth-order valence-electron chi connectivity index (χ4n) is 3.22. The number of carboxylic acids is 1. The molecule has 146 valence electrons.